The first kappa shape index (κ1) is 15.0. The average molecular weight is 335 g/mol. The molecule has 0 aliphatic heterocycles. The van der Waals surface area contributed by atoms with Gasteiger partial charge in [0.05, 0.1) is 6.61 Å². The molecule has 4 heteroatoms. The first-order valence-electron chi connectivity index (χ1n) is 6.73. The first-order chi connectivity index (χ1) is 9.72. The number of halogens is 1. The number of hydrogen-bond donors (Lipinski definition) is 1. The maximum atomic E-state index is 5.56. The molecule has 1 N–H and O–H groups in total. The van der Waals surface area contributed by atoms with Gasteiger partial charge in [0.15, 0.2) is 0 Å². The van der Waals surface area contributed by atoms with E-state index in [0.29, 0.717) is 6.61 Å². The van der Waals surface area contributed by atoms with E-state index in [1.54, 1.807) is 0 Å². The lowest BCUT2D eigenvalue weighted by molar-refractivity contribution is 0.339. The molecule has 1 unspecified atom stereocenters. The van der Waals surface area contributed by atoms with Gasteiger partial charge >= 0.3 is 0 Å². The van der Waals surface area contributed by atoms with E-state index in [2.05, 4.69) is 38.4 Å². The van der Waals surface area contributed by atoms with Crippen molar-refractivity contribution in [2.75, 3.05) is 13.7 Å². The number of nitrogens with zero attached hydrogens (tertiary/aromatic N) is 1. The Hall–Kier alpha value is -1.39. The Labute approximate surface area is 128 Å². The lowest BCUT2D eigenvalue weighted by Gasteiger charge is -2.17. The predicted octanol–water partition coefficient (Wildman–Crippen LogP) is 3.75. The van der Waals surface area contributed by atoms with E-state index in [0.717, 1.165) is 22.3 Å². The van der Waals surface area contributed by atoms with Crippen LogP contribution in [0.4, 0.5) is 0 Å². The van der Waals surface area contributed by atoms with Gasteiger partial charge < -0.3 is 10.1 Å². The summed E-state index contributed by atoms with van der Waals surface area (Å²) in [7, 11) is 1.97. The van der Waals surface area contributed by atoms with E-state index in [1.807, 2.05) is 44.4 Å². The van der Waals surface area contributed by atoms with Crippen LogP contribution in [-0.2, 0) is 6.42 Å². The van der Waals surface area contributed by atoms with Crippen molar-refractivity contribution < 1.29 is 4.74 Å². The number of aromatic nitrogens is 1. The third kappa shape index (κ3) is 4.05. The van der Waals surface area contributed by atoms with E-state index in [1.165, 1.54) is 5.56 Å². The summed E-state index contributed by atoms with van der Waals surface area (Å²) in [6.07, 6.45) is 2.68. The summed E-state index contributed by atoms with van der Waals surface area (Å²) in [6, 6.07) is 12.5. The van der Waals surface area contributed by atoms with Crippen LogP contribution < -0.4 is 10.1 Å². The monoisotopic (exact) mass is 334 g/mol. The van der Waals surface area contributed by atoms with Crippen molar-refractivity contribution in [1.82, 2.24) is 10.3 Å². The summed E-state index contributed by atoms with van der Waals surface area (Å²) < 4.78 is 6.56. The number of benzene rings is 1. The highest BCUT2D eigenvalue weighted by atomic mass is 79.9. The van der Waals surface area contributed by atoms with Crippen molar-refractivity contribution in [2.45, 2.75) is 19.4 Å². The minimum Gasteiger partial charge on any atom is -0.494 e. The Morgan fingerprint density at radius 3 is 2.80 bits per heavy atom. The number of pyridine rings is 1. The van der Waals surface area contributed by atoms with Gasteiger partial charge in [0.1, 0.15) is 5.75 Å². The summed E-state index contributed by atoms with van der Waals surface area (Å²) in [6.45, 7) is 2.68. The van der Waals surface area contributed by atoms with Gasteiger partial charge in [0.25, 0.3) is 0 Å². The lowest BCUT2D eigenvalue weighted by Crippen LogP contribution is -2.19. The van der Waals surface area contributed by atoms with Crippen LogP contribution in [0.5, 0.6) is 5.75 Å². The number of nitrogens with one attached hydrogen (secondary N) is 1. The Bertz CT molecular complexity index is 542. The third-order valence-corrected chi connectivity index (χ3v) is 3.59. The highest BCUT2D eigenvalue weighted by Gasteiger charge is 2.11. The van der Waals surface area contributed by atoms with Gasteiger partial charge in [-0.1, -0.05) is 12.1 Å². The van der Waals surface area contributed by atoms with E-state index in [9.17, 15) is 0 Å². The van der Waals surface area contributed by atoms with E-state index < -0.39 is 0 Å². The van der Waals surface area contributed by atoms with Gasteiger partial charge in [-0.25, -0.2) is 0 Å². The second-order valence-electron chi connectivity index (χ2n) is 4.52. The standard InChI is InChI=1S/C16H19BrN2O/c1-3-20-15-6-4-5-12(9-15)16(18-2)10-14-8-7-13(17)11-19-14/h4-9,11,16,18H,3,10H2,1-2H3. The molecule has 106 valence electrons. The lowest BCUT2D eigenvalue weighted by atomic mass is 10.0. The molecule has 1 aromatic heterocycles. The maximum absolute atomic E-state index is 5.56. The Balaban J connectivity index is 2.15. The molecule has 0 aliphatic rings. The second-order valence-corrected chi connectivity index (χ2v) is 5.43. The molecule has 0 fully saturated rings. The molecule has 0 amide bonds. The Morgan fingerprint density at radius 2 is 2.15 bits per heavy atom. The number of ether oxygens (including phenoxy) is 1. The van der Waals surface area contributed by atoms with Gasteiger partial charge in [-0.05, 0) is 59.7 Å². The van der Waals surface area contributed by atoms with Crippen LogP contribution in [-0.4, -0.2) is 18.6 Å². The van der Waals surface area contributed by atoms with E-state index >= 15 is 0 Å². The van der Waals surface area contributed by atoms with E-state index in [4.69, 9.17) is 4.74 Å². The molecule has 0 radical (unpaired) electrons. The van der Waals surface area contributed by atoms with Crippen molar-refractivity contribution in [1.29, 1.82) is 0 Å². The molecule has 3 nitrogen and oxygen atoms in total. The maximum Gasteiger partial charge on any atom is 0.119 e. The van der Waals surface area contributed by atoms with Crippen molar-refractivity contribution >= 4 is 15.9 Å². The van der Waals surface area contributed by atoms with Gasteiger partial charge in [-0.2, -0.15) is 0 Å². The summed E-state index contributed by atoms with van der Waals surface area (Å²) in [5, 5.41) is 3.34. The number of rotatable bonds is 6. The molecule has 0 bridgehead atoms. The van der Waals surface area contributed by atoms with Crippen LogP contribution in [0.3, 0.4) is 0 Å². The molecular weight excluding hydrogens is 316 g/mol. The van der Waals surface area contributed by atoms with Crippen molar-refractivity contribution in [3.63, 3.8) is 0 Å². The zero-order valence-electron chi connectivity index (χ0n) is 11.8. The predicted molar refractivity (Wildman–Crippen MR) is 85.1 cm³/mol. The van der Waals surface area contributed by atoms with Gasteiger partial charge in [0.2, 0.25) is 0 Å². The van der Waals surface area contributed by atoms with Gasteiger partial charge in [-0.15, -0.1) is 0 Å². The number of hydrogen-bond acceptors (Lipinski definition) is 3. The van der Waals surface area contributed by atoms with Crippen LogP contribution in [0.15, 0.2) is 47.1 Å². The van der Waals surface area contributed by atoms with Crippen LogP contribution in [0.25, 0.3) is 0 Å². The third-order valence-electron chi connectivity index (χ3n) is 3.12. The molecule has 0 saturated heterocycles. The van der Waals surface area contributed by atoms with Crippen LogP contribution in [0, 0.1) is 0 Å². The fourth-order valence-corrected chi connectivity index (χ4v) is 2.35. The molecule has 1 heterocycles. The Morgan fingerprint density at radius 1 is 1.30 bits per heavy atom. The quantitative estimate of drug-likeness (QED) is 0.873. The van der Waals surface area contributed by atoms with Crippen molar-refractivity contribution in [2.24, 2.45) is 0 Å². The minimum absolute atomic E-state index is 0.226. The fourth-order valence-electron chi connectivity index (χ4n) is 2.11. The second kappa shape index (κ2) is 7.41. The molecule has 1 atom stereocenters. The summed E-state index contributed by atoms with van der Waals surface area (Å²) >= 11 is 3.41. The zero-order valence-corrected chi connectivity index (χ0v) is 13.4. The number of likely N-dealkylation sites (N-methyl/N-ethyl adjacent to an activating group) is 1. The van der Waals surface area contributed by atoms with Crippen molar-refractivity contribution in [3.05, 3.63) is 58.3 Å². The summed E-state index contributed by atoms with van der Waals surface area (Å²) in [5.41, 5.74) is 2.28. The van der Waals surface area contributed by atoms with Crippen LogP contribution >= 0.6 is 15.9 Å². The molecule has 1 aromatic carbocycles. The summed E-state index contributed by atoms with van der Waals surface area (Å²) in [4.78, 5) is 4.43. The zero-order chi connectivity index (χ0) is 14.4. The molecule has 2 aromatic rings. The first-order valence-corrected chi connectivity index (χ1v) is 7.52. The average Bonchev–Trinajstić information content (AvgIpc) is 2.47. The topological polar surface area (TPSA) is 34.1 Å². The van der Waals surface area contributed by atoms with Crippen LogP contribution in [0.2, 0.25) is 0 Å². The van der Waals surface area contributed by atoms with E-state index in [-0.39, 0.29) is 6.04 Å². The molecular formula is C16H19BrN2O. The molecule has 0 aliphatic carbocycles. The molecule has 2 rings (SSSR count). The van der Waals surface area contributed by atoms with Crippen LogP contribution in [0.1, 0.15) is 24.2 Å². The fraction of sp³-hybridized carbons (Fsp3) is 0.312. The largest absolute Gasteiger partial charge is 0.494 e. The van der Waals surface area contributed by atoms with Crippen molar-refractivity contribution in [3.8, 4) is 5.75 Å². The van der Waals surface area contributed by atoms with Gasteiger partial charge in [0, 0.05) is 28.8 Å². The normalized spacial score (nSPS) is 12.2. The molecule has 0 saturated carbocycles. The minimum atomic E-state index is 0.226. The Kier molecular flexibility index (Phi) is 5.56. The molecule has 0 spiro atoms. The SMILES string of the molecule is CCOc1cccc(C(Cc2ccc(Br)cn2)NC)c1. The van der Waals surface area contributed by atoms with Gasteiger partial charge in [-0.3, -0.25) is 4.98 Å². The highest BCUT2D eigenvalue weighted by Crippen LogP contribution is 2.22. The highest BCUT2D eigenvalue weighted by molar-refractivity contribution is 9.10. The molecule has 20 heavy (non-hydrogen) atoms. The summed E-state index contributed by atoms with van der Waals surface area (Å²) in [5.74, 6) is 0.911. The smallest absolute Gasteiger partial charge is 0.119 e.